The molecule has 0 aliphatic carbocycles. The van der Waals surface area contributed by atoms with Gasteiger partial charge in [-0.2, -0.15) is 0 Å². The van der Waals surface area contributed by atoms with E-state index in [9.17, 15) is 9.90 Å². The van der Waals surface area contributed by atoms with Gasteiger partial charge in [-0.3, -0.25) is 10.1 Å². The molecule has 0 fully saturated rings. The van der Waals surface area contributed by atoms with Gasteiger partial charge in [-0.1, -0.05) is 24.3 Å². The van der Waals surface area contributed by atoms with Crippen LogP contribution in [0.15, 0.2) is 42.5 Å². The molecule has 2 aromatic rings. The van der Waals surface area contributed by atoms with Gasteiger partial charge in [-0.25, -0.2) is 0 Å². The Balaban J connectivity index is 2.00. The van der Waals surface area contributed by atoms with Gasteiger partial charge in [0.1, 0.15) is 5.75 Å². The average Bonchev–Trinajstić information content (AvgIpc) is 2.42. The zero-order valence-corrected chi connectivity index (χ0v) is 10.3. The SMILES string of the molecule is Nc1cccc2c1CNC(c1ccc(O)cc1)C2=O. The topological polar surface area (TPSA) is 75.3 Å². The molecule has 0 aromatic heterocycles. The monoisotopic (exact) mass is 254 g/mol. The third-order valence-electron chi connectivity index (χ3n) is 3.45. The van der Waals surface area contributed by atoms with Gasteiger partial charge < -0.3 is 10.8 Å². The van der Waals surface area contributed by atoms with Crippen LogP contribution in [0.2, 0.25) is 0 Å². The van der Waals surface area contributed by atoms with Crippen molar-refractivity contribution in [2.24, 2.45) is 0 Å². The molecular weight excluding hydrogens is 240 g/mol. The summed E-state index contributed by atoms with van der Waals surface area (Å²) >= 11 is 0. The number of benzene rings is 2. The van der Waals surface area contributed by atoms with E-state index < -0.39 is 0 Å². The molecule has 3 rings (SSSR count). The highest BCUT2D eigenvalue weighted by Gasteiger charge is 2.28. The van der Waals surface area contributed by atoms with E-state index in [2.05, 4.69) is 5.32 Å². The van der Waals surface area contributed by atoms with E-state index in [4.69, 9.17) is 5.73 Å². The number of nitrogens with two attached hydrogens (primary N) is 1. The molecule has 0 radical (unpaired) electrons. The number of fused-ring (bicyclic) bond motifs is 1. The van der Waals surface area contributed by atoms with Crippen LogP contribution in [0.3, 0.4) is 0 Å². The van der Waals surface area contributed by atoms with Crippen molar-refractivity contribution in [3.05, 3.63) is 59.2 Å². The van der Waals surface area contributed by atoms with Crippen molar-refractivity contribution in [1.82, 2.24) is 5.32 Å². The van der Waals surface area contributed by atoms with Crippen molar-refractivity contribution < 1.29 is 9.90 Å². The first kappa shape index (κ1) is 11.7. The highest BCUT2D eigenvalue weighted by atomic mass is 16.3. The summed E-state index contributed by atoms with van der Waals surface area (Å²) in [5.74, 6) is 0.205. The lowest BCUT2D eigenvalue weighted by Gasteiger charge is -2.26. The van der Waals surface area contributed by atoms with Gasteiger partial charge in [0, 0.05) is 17.8 Å². The van der Waals surface area contributed by atoms with E-state index in [1.807, 2.05) is 6.07 Å². The minimum absolute atomic E-state index is 0.0132. The van der Waals surface area contributed by atoms with Gasteiger partial charge >= 0.3 is 0 Å². The Bertz CT molecular complexity index is 635. The molecular formula is C15H14N2O2. The largest absolute Gasteiger partial charge is 0.508 e. The predicted octanol–water partition coefficient (Wildman–Crippen LogP) is 2.00. The zero-order valence-electron chi connectivity index (χ0n) is 10.3. The number of nitrogen functional groups attached to an aromatic ring is 1. The Labute approximate surface area is 110 Å². The number of hydrogen-bond donors (Lipinski definition) is 3. The number of nitrogens with one attached hydrogen (secondary N) is 1. The summed E-state index contributed by atoms with van der Waals surface area (Å²) in [6, 6.07) is 11.7. The Morgan fingerprint density at radius 2 is 1.89 bits per heavy atom. The van der Waals surface area contributed by atoms with Gasteiger partial charge in [-0.15, -0.1) is 0 Å². The highest BCUT2D eigenvalue weighted by molar-refractivity contribution is 6.03. The Morgan fingerprint density at radius 1 is 1.16 bits per heavy atom. The number of rotatable bonds is 1. The molecule has 4 nitrogen and oxygen atoms in total. The number of anilines is 1. The van der Waals surface area contributed by atoms with Crippen LogP contribution in [0.4, 0.5) is 5.69 Å². The second kappa shape index (κ2) is 4.40. The smallest absolute Gasteiger partial charge is 0.184 e. The zero-order chi connectivity index (χ0) is 13.4. The Hall–Kier alpha value is -2.33. The molecule has 96 valence electrons. The number of Topliss-reactive ketones (excluding diaryl/α,β-unsaturated/α-hetero) is 1. The summed E-state index contributed by atoms with van der Waals surface area (Å²) in [5, 5.41) is 12.5. The number of ketones is 1. The molecule has 0 saturated heterocycles. The number of phenols is 1. The van der Waals surface area contributed by atoms with Gasteiger partial charge in [0.25, 0.3) is 0 Å². The minimum Gasteiger partial charge on any atom is -0.508 e. The maximum Gasteiger partial charge on any atom is 0.184 e. The molecule has 0 saturated carbocycles. The molecule has 1 aliphatic rings. The Kier molecular flexibility index (Phi) is 2.72. The maximum absolute atomic E-state index is 12.5. The molecule has 4 N–H and O–H groups in total. The van der Waals surface area contributed by atoms with Crippen LogP contribution in [0, 0.1) is 0 Å². The third kappa shape index (κ3) is 1.96. The highest BCUT2D eigenvalue weighted by Crippen LogP contribution is 2.29. The fourth-order valence-electron chi connectivity index (χ4n) is 2.42. The fraction of sp³-hybridized carbons (Fsp3) is 0.133. The van der Waals surface area contributed by atoms with E-state index in [0.717, 1.165) is 11.1 Å². The van der Waals surface area contributed by atoms with E-state index in [0.29, 0.717) is 17.8 Å². The summed E-state index contributed by atoms with van der Waals surface area (Å²) in [6.45, 7) is 0.569. The molecule has 0 amide bonds. The van der Waals surface area contributed by atoms with Crippen LogP contribution < -0.4 is 11.1 Å². The summed E-state index contributed by atoms with van der Waals surface area (Å²) in [4.78, 5) is 12.5. The van der Waals surface area contributed by atoms with Crippen LogP contribution in [0.25, 0.3) is 0 Å². The molecule has 4 heteroatoms. The van der Waals surface area contributed by atoms with Crippen LogP contribution in [0.5, 0.6) is 5.75 Å². The molecule has 1 heterocycles. The standard InChI is InChI=1S/C15H14N2O2/c16-13-3-1-2-11-12(13)8-17-14(15(11)19)9-4-6-10(18)7-5-9/h1-7,14,17-18H,8,16H2. The summed E-state index contributed by atoms with van der Waals surface area (Å²) in [6.07, 6.45) is 0. The van der Waals surface area contributed by atoms with E-state index >= 15 is 0 Å². The summed E-state index contributed by atoms with van der Waals surface area (Å²) in [7, 11) is 0. The van der Waals surface area contributed by atoms with Crippen molar-refractivity contribution in [2.75, 3.05) is 5.73 Å². The van der Waals surface area contributed by atoms with Crippen molar-refractivity contribution in [2.45, 2.75) is 12.6 Å². The number of carbonyl (C=O) groups excluding carboxylic acids is 1. The molecule has 0 bridgehead atoms. The van der Waals surface area contributed by atoms with Gasteiger partial charge in [0.15, 0.2) is 5.78 Å². The van der Waals surface area contributed by atoms with Gasteiger partial charge in [0.2, 0.25) is 0 Å². The second-order valence-corrected chi connectivity index (χ2v) is 4.64. The maximum atomic E-state index is 12.5. The van der Waals surface area contributed by atoms with Crippen molar-refractivity contribution in [3.63, 3.8) is 0 Å². The first-order valence-electron chi connectivity index (χ1n) is 6.10. The number of carbonyl (C=O) groups is 1. The van der Waals surface area contributed by atoms with Crippen LogP contribution in [0.1, 0.15) is 27.5 Å². The van der Waals surface area contributed by atoms with Gasteiger partial charge in [-0.05, 0) is 29.3 Å². The quantitative estimate of drug-likeness (QED) is 0.680. The van der Waals surface area contributed by atoms with Crippen LogP contribution >= 0.6 is 0 Å². The van der Waals surface area contributed by atoms with Crippen molar-refractivity contribution >= 4 is 11.5 Å². The number of aromatic hydroxyl groups is 1. The molecule has 1 atom stereocenters. The number of hydrogen-bond acceptors (Lipinski definition) is 4. The van der Waals surface area contributed by atoms with Crippen LogP contribution in [-0.2, 0) is 6.54 Å². The lowest BCUT2D eigenvalue weighted by molar-refractivity contribution is 0.0930. The average molecular weight is 254 g/mol. The van der Waals surface area contributed by atoms with E-state index in [1.165, 1.54) is 0 Å². The van der Waals surface area contributed by atoms with Crippen LogP contribution in [-0.4, -0.2) is 10.9 Å². The fourth-order valence-corrected chi connectivity index (χ4v) is 2.42. The lowest BCUT2D eigenvalue weighted by atomic mass is 9.89. The summed E-state index contributed by atoms with van der Waals surface area (Å²) in [5.41, 5.74) is 8.91. The van der Waals surface area contributed by atoms with Crippen molar-refractivity contribution in [3.8, 4) is 5.75 Å². The minimum atomic E-state index is -0.380. The molecule has 1 unspecified atom stereocenters. The first-order valence-corrected chi connectivity index (χ1v) is 6.10. The van der Waals surface area contributed by atoms with Crippen molar-refractivity contribution in [1.29, 1.82) is 0 Å². The normalized spacial score (nSPS) is 18.1. The second-order valence-electron chi connectivity index (χ2n) is 4.64. The summed E-state index contributed by atoms with van der Waals surface area (Å²) < 4.78 is 0. The molecule has 2 aromatic carbocycles. The third-order valence-corrected chi connectivity index (χ3v) is 3.45. The Morgan fingerprint density at radius 3 is 2.63 bits per heavy atom. The molecule has 19 heavy (non-hydrogen) atoms. The van der Waals surface area contributed by atoms with E-state index in [1.54, 1.807) is 36.4 Å². The van der Waals surface area contributed by atoms with Gasteiger partial charge in [0.05, 0.1) is 6.04 Å². The number of phenolic OH excluding ortho intramolecular Hbond substituents is 1. The first-order chi connectivity index (χ1) is 9.16. The predicted molar refractivity (Wildman–Crippen MR) is 72.9 cm³/mol. The lowest BCUT2D eigenvalue weighted by Crippen LogP contribution is -2.34. The molecule has 0 spiro atoms. The van der Waals surface area contributed by atoms with E-state index in [-0.39, 0.29) is 17.6 Å². The molecule has 1 aliphatic heterocycles.